The average Bonchev–Trinajstić information content (AvgIpc) is 2.87. The minimum Gasteiger partial charge on any atom is -0.376 e. The van der Waals surface area contributed by atoms with Crippen LogP contribution in [0.1, 0.15) is 27.7 Å². The quantitative estimate of drug-likeness (QED) is 0.749. The molecule has 3 rings (SSSR count). The molecule has 0 spiro atoms. The van der Waals surface area contributed by atoms with Crippen molar-refractivity contribution in [2.24, 2.45) is 0 Å². The van der Waals surface area contributed by atoms with Crippen LogP contribution in [0.25, 0.3) is 0 Å². The monoisotopic (exact) mass is 274 g/mol. The summed E-state index contributed by atoms with van der Waals surface area (Å²) in [6.45, 7) is 8.01. The fourth-order valence-corrected chi connectivity index (χ4v) is 2.95. The maximum absolute atomic E-state index is 5.92. The van der Waals surface area contributed by atoms with Gasteiger partial charge in [0.25, 0.3) is 0 Å². The third-order valence-corrected chi connectivity index (χ3v) is 3.70. The highest BCUT2D eigenvalue weighted by Gasteiger charge is 2.58. The molecule has 0 N–H and O–H groups in total. The highest BCUT2D eigenvalue weighted by Crippen LogP contribution is 2.41. The van der Waals surface area contributed by atoms with Crippen LogP contribution >= 0.6 is 0 Å². The molecule has 3 heterocycles. The van der Waals surface area contributed by atoms with E-state index < -0.39 is 17.9 Å². The van der Waals surface area contributed by atoms with Gasteiger partial charge in [0.2, 0.25) is 0 Å². The van der Waals surface area contributed by atoms with E-state index in [2.05, 4.69) is 0 Å². The van der Waals surface area contributed by atoms with E-state index in [4.69, 9.17) is 28.4 Å². The number of methoxy groups -OCH3 is 1. The standard InChI is InChI=1S/C13H22O6/c1-12(2)15-6-7(17-12)8-9(14-5)10-11(16-8)19-13(3,4)18-10/h7-11H,6H2,1-5H3/t7?,8?,9-,10+,11+/m0/s1. The molecule has 0 saturated carbocycles. The van der Waals surface area contributed by atoms with Crippen molar-refractivity contribution in [3.8, 4) is 0 Å². The van der Waals surface area contributed by atoms with Crippen LogP contribution < -0.4 is 0 Å². The van der Waals surface area contributed by atoms with Crippen molar-refractivity contribution >= 4 is 0 Å². The minimum absolute atomic E-state index is 0.166. The van der Waals surface area contributed by atoms with Gasteiger partial charge >= 0.3 is 0 Å². The summed E-state index contributed by atoms with van der Waals surface area (Å²) in [6.07, 6.45) is -1.25. The minimum atomic E-state index is -0.636. The van der Waals surface area contributed by atoms with Crippen LogP contribution in [0.4, 0.5) is 0 Å². The summed E-state index contributed by atoms with van der Waals surface area (Å²) in [6, 6.07) is 0. The van der Waals surface area contributed by atoms with Gasteiger partial charge in [-0.25, -0.2) is 0 Å². The van der Waals surface area contributed by atoms with E-state index in [9.17, 15) is 0 Å². The highest BCUT2D eigenvalue weighted by molar-refractivity contribution is 4.98. The maximum atomic E-state index is 5.92. The van der Waals surface area contributed by atoms with Crippen molar-refractivity contribution < 1.29 is 28.4 Å². The Labute approximate surface area is 113 Å². The largest absolute Gasteiger partial charge is 0.376 e. The Balaban J connectivity index is 1.72. The lowest BCUT2D eigenvalue weighted by Gasteiger charge is -2.28. The van der Waals surface area contributed by atoms with Crippen molar-refractivity contribution in [1.29, 1.82) is 0 Å². The number of hydrogen-bond donors (Lipinski definition) is 0. The zero-order valence-electron chi connectivity index (χ0n) is 12.0. The zero-order valence-corrected chi connectivity index (χ0v) is 12.0. The first-order valence-electron chi connectivity index (χ1n) is 6.67. The first kappa shape index (κ1) is 13.7. The first-order chi connectivity index (χ1) is 8.81. The predicted molar refractivity (Wildman–Crippen MR) is 64.4 cm³/mol. The Morgan fingerprint density at radius 3 is 2.26 bits per heavy atom. The second-order valence-corrected chi connectivity index (χ2v) is 6.14. The first-order valence-corrected chi connectivity index (χ1v) is 6.67. The van der Waals surface area contributed by atoms with Crippen molar-refractivity contribution in [3.05, 3.63) is 0 Å². The van der Waals surface area contributed by atoms with Gasteiger partial charge in [0.05, 0.1) is 6.61 Å². The molecule has 6 heteroatoms. The van der Waals surface area contributed by atoms with E-state index in [-0.39, 0.29) is 24.4 Å². The summed E-state index contributed by atoms with van der Waals surface area (Å²) < 4.78 is 34.5. The zero-order chi connectivity index (χ0) is 13.8. The molecule has 0 radical (unpaired) electrons. The topological polar surface area (TPSA) is 55.4 Å². The van der Waals surface area contributed by atoms with Crippen LogP contribution in [-0.2, 0) is 28.4 Å². The van der Waals surface area contributed by atoms with Crippen LogP contribution in [0.5, 0.6) is 0 Å². The molecule has 0 aromatic rings. The molecule has 0 amide bonds. The van der Waals surface area contributed by atoms with Gasteiger partial charge < -0.3 is 28.4 Å². The van der Waals surface area contributed by atoms with Gasteiger partial charge in [0, 0.05) is 7.11 Å². The predicted octanol–water partition coefficient (Wildman–Crippen LogP) is 1.03. The molecular weight excluding hydrogens is 252 g/mol. The van der Waals surface area contributed by atoms with Gasteiger partial charge in [0.1, 0.15) is 24.4 Å². The molecule has 5 atom stereocenters. The number of fused-ring (bicyclic) bond motifs is 1. The van der Waals surface area contributed by atoms with Crippen LogP contribution in [0.2, 0.25) is 0 Å². The van der Waals surface area contributed by atoms with Gasteiger partial charge in [-0.2, -0.15) is 0 Å². The van der Waals surface area contributed by atoms with Crippen LogP contribution in [-0.4, -0.2) is 56.0 Å². The van der Waals surface area contributed by atoms with Gasteiger partial charge in [-0.05, 0) is 27.7 Å². The maximum Gasteiger partial charge on any atom is 0.190 e. The molecule has 0 aliphatic carbocycles. The van der Waals surface area contributed by atoms with Gasteiger partial charge in [-0.1, -0.05) is 0 Å². The fraction of sp³-hybridized carbons (Fsp3) is 1.00. The summed E-state index contributed by atoms with van der Waals surface area (Å²) in [5.74, 6) is -1.21. The lowest BCUT2D eigenvalue weighted by atomic mass is 10.1. The van der Waals surface area contributed by atoms with Crippen LogP contribution in [0, 0.1) is 0 Å². The molecule has 0 bridgehead atoms. The lowest BCUT2D eigenvalue weighted by molar-refractivity contribution is -0.234. The second-order valence-electron chi connectivity index (χ2n) is 6.14. The normalized spacial score (nSPS) is 47.5. The Morgan fingerprint density at radius 1 is 0.947 bits per heavy atom. The third kappa shape index (κ3) is 2.41. The van der Waals surface area contributed by atoms with E-state index in [1.165, 1.54) is 0 Å². The third-order valence-electron chi connectivity index (χ3n) is 3.70. The van der Waals surface area contributed by atoms with Gasteiger partial charge in [0.15, 0.2) is 17.9 Å². The molecule has 3 saturated heterocycles. The molecule has 110 valence electrons. The Morgan fingerprint density at radius 2 is 1.68 bits per heavy atom. The summed E-state index contributed by atoms with van der Waals surface area (Å²) in [4.78, 5) is 0. The molecule has 2 unspecified atom stereocenters. The van der Waals surface area contributed by atoms with E-state index in [0.29, 0.717) is 6.61 Å². The molecule has 3 aliphatic rings. The SMILES string of the molecule is CO[C@H]1C(C2COC(C)(C)O2)O[C@@H]2OC(C)(C)O[C@@H]21. The Kier molecular flexibility index (Phi) is 3.16. The second kappa shape index (κ2) is 4.38. The highest BCUT2D eigenvalue weighted by atomic mass is 16.8. The average molecular weight is 274 g/mol. The molecule has 0 aromatic carbocycles. The number of ether oxygens (including phenoxy) is 6. The Hall–Kier alpha value is -0.240. The Bertz CT molecular complexity index is 355. The smallest absolute Gasteiger partial charge is 0.190 e. The molecule has 6 nitrogen and oxygen atoms in total. The summed E-state index contributed by atoms with van der Waals surface area (Å²) in [7, 11) is 1.65. The van der Waals surface area contributed by atoms with E-state index in [0.717, 1.165) is 0 Å². The van der Waals surface area contributed by atoms with Crippen LogP contribution in [0.3, 0.4) is 0 Å². The summed E-state index contributed by atoms with van der Waals surface area (Å²) in [5.41, 5.74) is 0. The lowest BCUT2D eigenvalue weighted by Crippen LogP contribution is -2.43. The van der Waals surface area contributed by atoms with Crippen molar-refractivity contribution in [2.75, 3.05) is 13.7 Å². The van der Waals surface area contributed by atoms with E-state index in [1.807, 2.05) is 27.7 Å². The van der Waals surface area contributed by atoms with Crippen molar-refractivity contribution in [1.82, 2.24) is 0 Å². The summed E-state index contributed by atoms with van der Waals surface area (Å²) in [5, 5.41) is 0. The molecule has 3 fully saturated rings. The van der Waals surface area contributed by atoms with Crippen molar-refractivity contribution in [3.63, 3.8) is 0 Å². The van der Waals surface area contributed by atoms with Crippen LogP contribution in [0.15, 0.2) is 0 Å². The van der Waals surface area contributed by atoms with Gasteiger partial charge in [-0.15, -0.1) is 0 Å². The molecule has 0 aromatic heterocycles. The van der Waals surface area contributed by atoms with Crippen molar-refractivity contribution in [2.45, 2.75) is 70.0 Å². The fourth-order valence-electron chi connectivity index (χ4n) is 2.95. The van der Waals surface area contributed by atoms with Gasteiger partial charge in [-0.3, -0.25) is 0 Å². The molecule has 19 heavy (non-hydrogen) atoms. The summed E-state index contributed by atoms with van der Waals surface area (Å²) >= 11 is 0. The van der Waals surface area contributed by atoms with E-state index >= 15 is 0 Å². The number of rotatable bonds is 2. The molecular formula is C13H22O6. The van der Waals surface area contributed by atoms with E-state index in [1.54, 1.807) is 7.11 Å². The molecule has 3 aliphatic heterocycles. The number of hydrogen-bond acceptors (Lipinski definition) is 6.